The maximum absolute atomic E-state index is 9.39. The van der Waals surface area contributed by atoms with Crippen LogP contribution < -0.4 is 68.6 Å². The number of hydrogen-bond acceptors (Lipinski definition) is 18. The van der Waals surface area contributed by atoms with Crippen molar-refractivity contribution in [2.45, 2.75) is 32.7 Å². The minimum absolute atomic E-state index is 0.720. The summed E-state index contributed by atoms with van der Waals surface area (Å²) in [6.07, 6.45) is 22.1. The average molecular weight is 1720 g/mol. The second kappa shape index (κ2) is 29.3. The molecule has 18 aromatic heterocycles. The van der Waals surface area contributed by atoms with Crippen LogP contribution in [0, 0.1) is 0 Å². The third kappa shape index (κ3) is 11.5. The second-order valence-electron chi connectivity index (χ2n) is 32.2. The zero-order chi connectivity index (χ0) is 87.3. The van der Waals surface area contributed by atoms with Crippen molar-refractivity contribution in [3.05, 3.63) is 327 Å². The Labute approximate surface area is 731 Å². The molecule has 24 aromatic rings. The minimum Gasteiger partial charge on any atom is -0.421 e. The fourth-order valence-electron chi connectivity index (χ4n) is 20.5. The Morgan fingerprint density at radius 1 is 0.262 bits per heavy atom. The third-order valence-corrected chi connectivity index (χ3v) is 25.2. The number of nitrogens with zero attached hydrogens (tertiary/aromatic N) is 18. The van der Waals surface area contributed by atoms with Gasteiger partial charge in [0.15, 0.2) is 76.2 Å². The van der Waals surface area contributed by atoms with E-state index in [1.54, 1.807) is 49.6 Å². The van der Waals surface area contributed by atoms with Gasteiger partial charge in [-0.1, -0.05) is 107 Å². The molecule has 0 spiro atoms. The highest BCUT2D eigenvalue weighted by Gasteiger charge is 2.47. The van der Waals surface area contributed by atoms with Gasteiger partial charge < -0.3 is 74.0 Å². The number of fused-ring (bicyclic) bond motifs is 21. The smallest absolute Gasteiger partial charge is 0.421 e. The Balaban J connectivity index is 0.0000000879. The van der Waals surface area contributed by atoms with E-state index < -0.39 is 36.6 Å². The maximum atomic E-state index is 9.39. The average Bonchev–Trinajstić information content (AvgIpc) is 1.68. The van der Waals surface area contributed by atoms with Gasteiger partial charge in [-0.25, -0.2) is 38.6 Å². The van der Waals surface area contributed by atoms with Crippen LogP contribution in [-0.2, 0) is 32.7 Å². The van der Waals surface area contributed by atoms with Crippen LogP contribution in [0.15, 0.2) is 299 Å². The van der Waals surface area contributed by atoms with Crippen LogP contribution in [0.25, 0.3) is 182 Å². The molecule has 0 amide bonds. The highest BCUT2D eigenvalue weighted by Crippen LogP contribution is 2.39. The summed E-state index contributed by atoms with van der Waals surface area (Å²) in [5, 5.41) is 100. The molecular formula is C92H69B5N18O15+10. The Hall–Kier alpha value is -16.0. The first kappa shape index (κ1) is 76.5. The summed E-state index contributed by atoms with van der Waals surface area (Å²) in [5.41, 5.74) is 31.2. The molecule has 33 nitrogen and oxygen atoms in total. The summed E-state index contributed by atoms with van der Waals surface area (Å²) in [5.74, 6) is 0. The van der Waals surface area contributed by atoms with Crippen molar-refractivity contribution in [2.24, 2.45) is 0 Å². The van der Waals surface area contributed by atoms with Crippen molar-refractivity contribution in [3.63, 3.8) is 0 Å². The molecule has 0 atom stereocenters. The molecule has 622 valence electrons. The monoisotopic (exact) mass is 1720 g/mol. The predicted molar refractivity (Wildman–Crippen MR) is 473 cm³/mol. The van der Waals surface area contributed by atoms with E-state index in [0.29, 0.717) is 0 Å². The van der Waals surface area contributed by atoms with Gasteiger partial charge in [0.25, 0.3) is 45.8 Å². The number of para-hydroxylation sites is 6. The van der Waals surface area contributed by atoms with Crippen LogP contribution in [0.5, 0.6) is 0 Å². The minimum atomic E-state index is -1.92. The van der Waals surface area contributed by atoms with E-state index in [4.69, 9.17) is 23.8 Å². The molecule has 0 aliphatic carbocycles. The number of hydrogen-bond donors (Lipinski definition) is 10. The molecule has 23 heterocycles. The van der Waals surface area contributed by atoms with Crippen molar-refractivity contribution in [1.82, 2.24) is 38.6 Å². The summed E-state index contributed by atoms with van der Waals surface area (Å²) in [4.78, 5) is 13.6. The Morgan fingerprint density at radius 2 is 0.577 bits per heavy atom. The van der Waals surface area contributed by atoms with Crippen molar-refractivity contribution in [3.8, 4) is 22.5 Å². The van der Waals surface area contributed by atoms with Crippen LogP contribution in [-0.4, -0.2) is 125 Å². The van der Waals surface area contributed by atoms with Gasteiger partial charge in [0, 0.05) is 132 Å². The molecule has 10 N–H and O–H groups in total. The Kier molecular flexibility index (Phi) is 17.2. The van der Waals surface area contributed by atoms with Crippen molar-refractivity contribution in [1.29, 1.82) is 0 Å². The Morgan fingerprint density at radius 3 is 1.03 bits per heavy atom. The first-order valence-corrected chi connectivity index (χ1v) is 41.9. The van der Waals surface area contributed by atoms with Crippen molar-refractivity contribution in [2.75, 3.05) is 0 Å². The van der Waals surface area contributed by atoms with E-state index in [-0.39, 0.29) is 0 Å². The number of pyridine rings is 13. The van der Waals surface area contributed by atoms with E-state index in [9.17, 15) is 50.2 Å². The quantitative estimate of drug-likeness (QED) is 0.0473. The van der Waals surface area contributed by atoms with Crippen LogP contribution in [0.1, 0.15) is 27.8 Å². The Bertz CT molecular complexity index is 8600. The van der Waals surface area contributed by atoms with Crippen LogP contribution >= 0.6 is 0 Å². The van der Waals surface area contributed by atoms with Gasteiger partial charge in [0.1, 0.15) is 27.6 Å². The van der Waals surface area contributed by atoms with Crippen molar-refractivity contribution >= 4 is 196 Å². The zero-order valence-corrected chi connectivity index (χ0v) is 68.3. The number of aromatic nitrogens is 18. The van der Waals surface area contributed by atoms with Crippen LogP contribution in [0.2, 0.25) is 0 Å². The molecule has 5 aliphatic rings. The summed E-state index contributed by atoms with van der Waals surface area (Å²) in [6.45, 7) is 3.79. The van der Waals surface area contributed by atoms with Gasteiger partial charge >= 0.3 is 64.8 Å². The first-order valence-electron chi connectivity index (χ1n) is 41.9. The standard InChI is InChI=1S/C21H16BN3O3.C20H15BN4O3.C19H14BN3O3.C18H13BN4O3.C14H11BN4O3/c26-22(27)28-25-11-10-15-12-23-18(14-6-2-1-3-7-14)13-24-17-9-5-4-8-16(17)20(25)19(15)21(23)24;26-21(27)28-25-10-8-14-11-23-16(13-5-2-1-3-6-13)12-24-15-7-4-9-22-18(15)19(25)17(14)20(23)24;24-20(25)26-22-10-9-12-11-21-15-7-3-4-8-16(15)23-14-6-2-1-5-13(14)18(22)17(12)19(21)23;24-19(25)26-22-9-7-11-10-21-12-4-1-2-5-13(12)23-14-6-3-8-20-16(14)17(22)15(11)18(21)23;20-15(21)22-19-5-3-9-8-17-6-7-18-10-2-1-4-16-12(10)13(19)11(9)14(17)18/h1-11,13,26-27H,12H2;1-10,12,26-27H,11H2;1-10,24-25H,11H2;1-9,24-25H,10H2;1-7,20-21H,8H2/q5*+2. The van der Waals surface area contributed by atoms with Crippen LogP contribution in [0.3, 0.4) is 0 Å². The molecule has 130 heavy (non-hydrogen) atoms. The lowest BCUT2D eigenvalue weighted by Gasteiger charge is -2.12. The molecule has 0 fully saturated rings. The van der Waals surface area contributed by atoms with Crippen LogP contribution in [0.4, 0.5) is 0 Å². The molecule has 6 aromatic carbocycles. The summed E-state index contributed by atoms with van der Waals surface area (Å²) < 4.78 is 55.4. The fourth-order valence-corrected chi connectivity index (χ4v) is 20.5. The van der Waals surface area contributed by atoms with E-state index in [0.717, 1.165) is 226 Å². The van der Waals surface area contributed by atoms with Gasteiger partial charge in [-0.05, 0) is 84.9 Å². The van der Waals surface area contributed by atoms with Gasteiger partial charge in [0.2, 0.25) is 40.0 Å². The zero-order valence-electron chi connectivity index (χ0n) is 68.3. The SMILES string of the molecule is OB(O)On1ccc2c3c1c1ccccc1[n+]1c4ccccc4[n+](c31)C2.OB(O)On1ccc2c3c1c1ccccc1[n+]1cc(-c4ccccc4)[n+](c31)C2.OB(O)On1ccc2c3c1c1ncccc1[n+]1c4ccccc4[n+](c31)C2.OB(O)On1ccc2c3c1c1ncccc1[n+]1cc(-c4ccccc4)[n+](c31)C2.OB(O)On1ccc2c3c1c1ncccc1[n+]1cc[n+](c31)C2. The number of benzene rings is 6. The maximum Gasteiger partial charge on any atom is 0.728 e. The molecule has 29 rings (SSSR count). The van der Waals surface area contributed by atoms with Crippen molar-refractivity contribution < 1.29 is 119 Å². The lowest BCUT2D eigenvalue weighted by Crippen LogP contribution is -2.35. The van der Waals surface area contributed by atoms with Gasteiger partial charge in [-0.15, -0.1) is 22.8 Å². The summed E-state index contributed by atoms with van der Waals surface area (Å²) >= 11 is 0. The van der Waals surface area contributed by atoms with Gasteiger partial charge in [-0.3, -0.25) is 0 Å². The number of rotatable bonds is 12. The number of imidazole rings is 5. The first-order chi connectivity index (χ1) is 63.7. The molecule has 0 radical (unpaired) electrons. The molecule has 5 aliphatic heterocycles. The van der Waals surface area contributed by atoms with Gasteiger partial charge in [0.05, 0.1) is 21.9 Å². The lowest BCUT2D eigenvalue weighted by atomic mass is 10.1. The topological polar surface area (TPSA) is 352 Å². The molecule has 0 saturated heterocycles. The summed E-state index contributed by atoms with van der Waals surface area (Å²) in [6, 6.07) is 74.9. The molecule has 38 heteroatoms. The third-order valence-electron chi connectivity index (χ3n) is 25.2. The van der Waals surface area contributed by atoms with E-state index >= 15 is 0 Å². The highest BCUT2D eigenvalue weighted by atomic mass is 16.8. The van der Waals surface area contributed by atoms with E-state index in [1.807, 2.05) is 164 Å². The predicted octanol–water partition coefficient (Wildman–Crippen LogP) is 1.73. The molecule has 0 saturated carbocycles. The largest absolute Gasteiger partial charge is 0.728 e. The lowest BCUT2D eigenvalue weighted by molar-refractivity contribution is -0.688. The normalized spacial score (nSPS) is 12.7. The molecule has 0 unspecified atom stereocenters. The summed E-state index contributed by atoms with van der Waals surface area (Å²) in [7, 11) is -9.51. The fraction of sp³-hybridized carbons (Fsp3) is 0.0543. The van der Waals surface area contributed by atoms with E-state index in [2.05, 4.69) is 145 Å². The second-order valence-corrected chi connectivity index (χ2v) is 32.2. The van der Waals surface area contributed by atoms with Gasteiger partial charge in [-0.2, -0.15) is 0 Å². The molecule has 0 bridgehead atoms. The molecular weight excluding hydrogens is 1650 g/mol. The van der Waals surface area contributed by atoms with E-state index in [1.165, 1.54) is 40.3 Å². The highest BCUT2D eigenvalue weighted by molar-refractivity contribution is 6.34.